The van der Waals surface area contributed by atoms with Crippen LogP contribution in [0.1, 0.15) is 11.4 Å². The van der Waals surface area contributed by atoms with Crippen LogP contribution < -0.4 is 11.0 Å². The Kier molecular flexibility index (Phi) is 7.10. The first kappa shape index (κ1) is 28.0. The summed E-state index contributed by atoms with van der Waals surface area (Å²) in [6, 6.07) is 32.6. The number of rotatable bonds is 0. The molecular formula is C37H32N8. The van der Waals surface area contributed by atoms with Crippen LogP contribution in [0.15, 0.2) is 107 Å². The second-order valence-corrected chi connectivity index (χ2v) is 10.9. The molecule has 0 spiro atoms. The van der Waals surface area contributed by atoms with E-state index < -0.39 is 0 Å². The summed E-state index contributed by atoms with van der Waals surface area (Å²) in [6.07, 6.45) is 0. The number of hydrogen-bond acceptors (Lipinski definition) is 6. The number of benzene rings is 4. The summed E-state index contributed by atoms with van der Waals surface area (Å²) >= 11 is 0. The SMILES string of the molecule is C/N=c1\nc2c3ccccc3c(n/c(=N\C)c3ccccc3c(C)nc3[nH]c(nc(C)c4ccccc14)c1ccccc31)n2C. The van der Waals surface area contributed by atoms with Gasteiger partial charge in [-0.15, -0.1) is 0 Å². The van der Waals surface area contributed by atoms with Gasteiger partial charge < -0.3 is 9.55 Å². The number of hydrogen-bond donors (Lipinski definition) is 1. The molecule has 7 rings (SSSR count). The molecule has 7 aromatic rings. The highest BCUT2D eigenvalue weighted by Crippen LogP contribution is 2.25. The van der Waals surface area contributed by atoms with E-state index in [9.17, 15) is 0 Å². The zero-order valence-electron chi connectivity index (χ0n) is 25.9. The molecular weight excluding hydrogens is 556 g/mol. The minimum absolute atomic E-state index is 0.603. The molecule has 0 radical (unpaired) electrons. The van der Waals surface area contributed by atoms with E-state index in [-0.39, 0.29) is 0 Å². The standard InChI is InChI=1S/C37H32N8/c1-22-24-14-6-8-16-26(24)32(38-3)43-36-30-20-12-13-21-31(30)37(45(36)5)44-33(39-4)27-17-9-7-15-25(27)23(2)41-35-29-19-11-10-18-28(29)34(40-22)42-35/h6-21,42H,1-5H3/b38-32-,39-33-,40-22?,41-23?,43-36?,44-37?. The van der Waals surface area contributed by atoms with E-state index in [1.54, 1.807) is 14.1 Å². The normalized spacial score (nSPS) is 12.4. The molecule has 220 valence electrons. The molecule has 0 saturated carbocycles. The molecule has 1 N–H and O–H groups in total. The highest BCUT2D eigenvalue weighted by atomic mass is 15.1. The molecule has 0 aliphatic heterocycles. The van der Waals surface area contributed by atoms with Gasteiger partial charge >= 0.3 is 0 Å². The van der Waals surface area contributed by atoms with Crippen molar-refractivity contribution in [1.82, 2.24) is 29.5 Å². The molecule has 0 aliphatic rings. The summed E-state index contributed by atoms with van der Waals surface area (Å²) in [5.74, 6) is 0. The minimum Gasteiger partial charge on any atom is -0.324 e. The smallest absolute Gasteiger partial charge is 0.157 e. The number of fused-ring (bicyclic) bond motifs is 12. The van der Waals surface area contributed by atoms with Crippen molar-refractivity contribution in [2.75, 3.05) is 14.1 Å². The Balaban J connectivity index is 1.82. The number of nitrogens with one attached hydrogen (secondary N) is 1. The van der Waals surface area contributed by atoms with Crippen molar-refractivity contribution >= 4 is 65.7 Å². The van der Waals surface area contributed by atoms with E-state index in [0.717, 1.165) is 77.1 Å². The van der Waals surface area contributed by atoms with Crippen LogP contribution in [0.5, 0.6) is 0 Å². The van der Waals surface area contributed by atoms with E-state index in [2.05, 4.69) is 51.4 Å². The van der Waals surface area contributed by atoms with Crippen LogP contribution in [-0.2, 0) is 7.05 Å². The lowest BCUT2D eigenvalue weighted by Gasteiger charge is -1.99. The van der Waals surface area contributed by atoms with Crippen molar-refractivity contribution in [3.63, 3.8) is 0 Å². The Hall–Kier alpha value is -5.76. The van der Waals surface area contributed by atoms with Gasteiger partial charge in [0.25, 0.3) is 0 Å². The van der Waals surface area contributed by atoms with Crippen LogP contribution in [0.25, 0.3) is 65.7 Å². The number of H-pyrrole nitrogens is 1. The van der Waals surface area contributed by atoms with Gasteiger partial charge in [0.15, 0.2) is 11.0 Å². The van der Waals surface area contributed by atoms with Crippen molar-refractivity contribution in [2.24, 2.45) is 17.0 Å². The highest BCUT2D eigenvalue weighted by Gasteiger charge is 2.10. The lowest BCUT2D eigenvalue weighted by Crippen LogP contribution is -2.10. The summed E-state index contributed by atoms with van der Waals surface area (Å²) in [5.41, 5.74) is 5.89. The van der Waals surface area contributed by atoms with Gasteiger partial charge in [0.05, 0.1) is 0 Å². The summed E-state index contributed by atoms with van der Waals surface area (Å²) in [5, 5.41) is 7.62. The van der Waals surface area contributed by atoms with Crippen molar-refractivity contribution in [3.8, 4) is 0 Å². The molecule has 4 aromatic carbocycles. The Morgan fingerprint density at radius 1 is 0.467 bits per heavy atom. The van der Waals surface area contributed by atoms with E-state index >= 15 is 0 Å². The number of nitrogens with zero attached hydrogens (tertiary/aromatic N) is 7. The maximum atomic E-state index is 5.18. The third-order valence-electron chi connectivity index (χ3n) is 8.24. The first-order chi connectivity index (χ1) is 22.0. The molecule has 8 heteroatoms. The fraction of sp³-hybridized carbons (Fsp3) is 0.135. The maximum Gasteiger partial charge on any atom is 0.157 e. The average molecular weight is 589 g/mol. The second-order valence-electron chi connectivity index (χ2n) is 10.9. The predicted octanol–water partition coefficient (Wildman–Crippen LogP) is 6.78. The fourth-order valence-corrected chi connectivity index (χ4v) is 6.03. The van der Waals surface area contributed by atoms with Crippen molar-refractivity contribution in [2.45, 2.75) is 13.8 Å². The molecule has 0 amide bonds. The van der Waals surface area contributed by atoms with Crippen LogP contribution in [0.3, 0.4) is 0 Å². The van der Waals surface area contributed by atoms with Crippen molar-refractivity contribution in [1.29, 1.82) is 0 Å². The van der Waals surface area contributed by atoms with Crippen LogP contribution in [0.2, 0.25) is 0 Å². The lowest BCUT2D eigenvalue weighted by molar-refractivity contribution is 0.953. The Morgan fingerprint density at radius 2 is 0.800 bits per heavy atom. The van der Waals surface area contributed by atoms with Gasteiger partial charge in [-0.1, -0.05) is 97.1 Å². The second kappa shape index (κ2) is 11.4. The van der Waals surface area contributed by atoms with Crippen molar-refractivity contribution in [3.05, 3.63) is 119 Å². The summed E-state index contributed by atoms with van der Waals surface area (Å²) in [4.78, 5) is 33.5. The van der Waals surface area contributed by atoms with Crippen LogP contribution >= 0.6 is 0 Å². The van der Waals surface area contributed by atoms with Gasteiger partial charge in [-0.2, -0.15) is 0 Å². The zero-order valence-corrected chi connectivity index (χ0v) is 25.9. The minimum atomic E-state index is 0.603. The van der Waals surface area contributed by atoms with Crippen LogP contribution in [0, 0.1) is 13.8 Å². The average Bonchev–Trinajstić information content (AvgIpc) is 3.55. The fourth-order valence-electron chi connectivity index (χ4n) is 6.03. The number of aromatic nitrogens is 6. The number of aromatic amines is 1. The molecule has 0 atom stereocenters. The van der Waals surface area contributed by atoms with Crippen molar-refractivity contribution < 1.29 is 0 Å². The van der Waals surface area contributed by atoms with Crippen LogP contribution in [-0.4, -0.2) is 43.6 Å². The monoisotopic (exact) mass is 588 g/mol. The summed E-state index contributed by atoms with van der Waals surface area (Å²) < 4.78 is 2.02. The van der Waals surface area contributed by atoms with Gasteiger partial charge in [0.2, 0.25) is 0 Å². The van der Waals surface area contributed by atoms with Gasteiger partial charge in [-0.25, -0.2) is 19.9 Å². The first-order valence-corrected chi connectivity index (χ1v) is 14.8. The topological polar surface area (TPSA) is 97.0 Å². The van der Waals surface area contributed by atoms with E-state index in [1.165, 1.54) is 0 Å². The Labute approximate surface area is 259 Å². The number of aryl methyl sites for hydroxylation is 3. The molecule has 4 bridgehead atoms. The highest BCUT2D eigenvalue weighted by molar-refractivity contribution is 6.06. The quantitative estimate of drug-likeness (QED) is 0.211. The molecule has 0 fully saturated rings. The van der Waals surface area contributed by atoms with E-state index in [4.69, 9.17) is 19.9 Å². The Bertz CT molecular complexity index is 2440. The summed E-state index contributed by atoms with van der Waals surface area (Å²) in [7, 11) is 5.53. The summed E-state index contributed by atoms with van der Waals surface area (Å²) in [6.45, 7) is 4.04. The lowest BCUT2D eigenvalue weighted by atomic mass is 10.1. The molecule has 45 heavy (non-hydrogen) atoms. The van der Waals surface area contributed by atoms with Gasteiger partial charge in [0, 0.05) is 75.6 Å². The van der Waals surface area contributed by atoms with Crippen LogP contribution in [0.4, 0.5) is 0 Å². The zero-order chi connectivity index (χ0) is 31.1. The molecule has 0 unspecified atom stereocenters. The van der Waals surface area contributed by atoms with Gasteiger partial charge in [-0.05, 0) is 13.8 Å². The maximum absolute atomic E-state index is 5.18. The van der Waals surface area contributed by atoms with Gasteiger partial charge in [-0.3, -0.25) is 9.98 Å². The molecule has 0 saturated heterocycles. The molecule has 0 aliphatic carbocycles. The first-order valence-electron chi connectivity index (χ1n) is 14.8. The largest absolute Gasteiger partial charge is 0.324 e. The predicted molar refractivity (Wildman–Crippen MR) is 184 cm³/mol. The third kappa shape index (κ3) is 4.80. The van der Waals surface area contributed by atoms with E-state index in [0.29, 0.717) is 11.0 Å². The molecule has 8 nitrogen and oxygen atoms in total. The Morgan fingerprint density at radius 3 is 1.18 bits per heavy atom. The van der Waals surface area contributed by atoms with Gasteiger partial charge in [0.1, 0.15) is 22.6 Å². The molecule has 3 heterocycles. The third-order valence-corrected chi connectivity index (χ3v) is 8.24. The van der Waals surface area contributed by atoms with E-state index in [1.807, 2.05) is 86.1 Å². The molecule has 3 aromatic heterocycles.